The second-order valence-corrected chi connectivity index (χ2v) is 9.92. The Bertz CT molecular complexity index is 1630. The summed E-state index contributed by atoms with van der Waals surface area (Å²) in [5.74, 6) is -0.517. The van der Waals surface area contributed by atoms with Crippen LogP contribution < -0.4 is 4.72 Å². The Morgan fingerprint density at radius 2 is 1.76 bits per heavy atom. The van der Waals surface area contributed by atoms with E-state index in [1.807, 2.05) is 36.4 Å². The molecule has 0 spiro atoms. The Morgan fingerprint density at radius 1 is 0.971 bits per heavy atom. The Balaban J connectivity index is 1.48. The fourth-order valence-corrected chi connectivity index (χ4v) is 5.50. The van der Waals surface area contributed by atoms with Crippen molar-refractivity contribution in [2.24, 2.45) is 0 Å². The third-order valence-corrected chi connectivity index (χ3v) is 7.25. The Morgan fingerprint density at radius 3 is 2.56 bits per heavy atom. The van der Waals surface area contributed by atoms with Gasteiger partial charge in [-0.05, 0) is 58.8 Å². The van der Waals surface area contributed by atoms with Crippen LogP contribution in [0.2, 0.25) is 0 Å². The lowest BCUT2D eigenvalue weighted by atomic mass is 10.2. The number of benzene rings is 3. The van der Waals surface area contributed by atoms with E-state index in [1.165, 1.54) is 49.2 Å². The minimum Gasteiger partial charge on any atom is -0.465 e. The maximum absolute atomic E-state index is 13.2. The van der Waals surface area contributed by atoms with Crippen molar-refractivity contribution in [1.82, 2.24) is 15.3 Å². The maximum atomic E-state index is 13.2. The molecule has 11 heteroatoms. The molecule has 0 saturated heterocycles. The lowest BCUT2D eigenvalue weighted by Gasteiger charge is -2.10. The summed E-state index contributed by atoms with van der Waals surface area (Å²) in [7, 11) is -2.79. The summed E-state index contributed by atoms with van der Waals surface area (Å²) in [6.07, 6.45) is 0. The maximum Gasteiger partial charge on any atom is 0.337 e. The third kappa shape index (κ3) is 4.30. The molecule has 5 rings (SSSR count). The highest BCUT2D eigenvalue weighted by Crippen LogP contribution is 2.33. The van der Waals surface area contributed by atoms with Gasteiger partial charge in [0, 0.05) is 16.0 Å². The van der Waals surface area contributed by atoms with E-state index in [0.717, 1.165) is 10.9 Å². The van der Waals surface area contributed by atoms with E-state index in [4.69, 9.17) is 4.63 Å². The number of esters is 1. The molecule has 2 aromatic heterocycles. The first-order valence-corrected chi connectivity index (χ1v) is 12.2. The number of nitrogens with zero attached hydrogens (tertiary/aromatic N) is 3. The zero-order chi connectivity index (χ0) is 23.7. The van der Waals surface area contributed by atoms with Crippen molar-refractivity contribution >= 4 is 55.4 Å². The first kappa shape index (κ1) is 21.9. The highest BCUT2D eigenvalue weighted by molar-refractivity contribution is 7.99. The summed E-state index contributed by atoms with van der Waals surface area (Å²) in [6.45, 7) is 0. The van der Waals surface area contributed by atoms with Gasteiger partial charge < -0.3 is 4.74 Å². The summed E-state index contributed by atoms with van der Waals surface area (Å²) in [4.78, 5) is 16.8. The van der Waals surface area contributed by atoms with E-state index >= 15 is 0 Å². The molecule has 9 nitrogen and oxygen atoms in total. The lowest BCUT2D eigenvalue weighted by Crippen LogP contribution is -2.14. The number of ether oxygens (including phenoxy) is 1. The Labute approximate surface area is 198 Å². The van der Waals surface area contributed by atoms with Crippen LogP contribution in [0, 0.1) is 0 Å². The summed E-state index contributed by atoms with van der Waals surface area (Å²) in [5.41, 5.74) is 1.81. The number of aromatic nitrogens is 3. The summed E-state index contributed by atoms with van der Waals surface area (Å²) in [6, 6.07) is 20.6. The number of pyridine rings is 1. The van der Waals surface area contributed by atoms with Crippen LogP contribution in [0.3, 0.4) is 0 Å². The van der Waals surface area contributed by atoms with E-state index in [9.17, 15) is 13.2 Å². The summed E-state index contributed by atoms with van der Waals surface area (Å²) in [5, 5.41) is 9.31. The first-order valence-electron chi connectivity index (χ1n) is 9.94. The van der Waals surface area contributed by atoms with Gasteiger partial charge in [0.2, 0.25) is 0 Å². The van der Waals surface area contributed by atoms with Crippen molar-refractivity contribution in [1.29, 1.82) is 0 Å². The number of rotatable bonds is 6. The van der Waals surface area contributed by atoms with Gasteiger partial charge in [0.05, 0.1) is 18.2 Å². The number of para-hydroxylation sites is 1. The smallest absolute Gasteiger partial charge is 0.337 e. The monoisotopic (exact) mass is 492 g/mol. The van der Waals surface area contributed by atoms with E-state index in [-0.39, 0.29) is 16.1 Å². The zero-order valence-electron chi connectivity index (χ0n) is 17.6. The number of carbonyl (C=O) groups is 1. The van der Waals surface area contributed by atoms with Crippen LogP contribution in [-0.2, 0) is 14.8 Å². The molecule has 0 atom stereocenters. The van der Waals surface area contributed by atoms with Gasteiger partial charge in [-0.2, -0.15) is 0 Å². The second kappa shape index (κ2) is 8.76. The average Bonchev–Trinajstić information content (AvgIpc) is 3.32. The molecule has 0 radical (unpaired) electrons. The number of nitrogens with one attached hydrogen (secondary N) is 1. The van der Waals surface area contributed by atoms with E-state index in [0.29, 0.717) is 21.0 Å². The van der Waals surface area contributed by atoms with E-state index in [1.54, 1.807) is 6.07 Å². The average molecular weight is 493 g/mol. The Kier molecular flexibility index (Phi) is 5.64. The molecule has 5 aromatic rings. The van der Waals surface area contributed by atoms with Crippen molar-refractivity contribution in [2.75, 3.05) is 11.8 Å². The zero-order valence-corrected chi connectivity index (χ0v) is 19.3. The predicted octanol–water partition coefficient (Wildman–Crippen LogP) is 4.51. The highest BCUT2D eigenvalue weighted by Gasteiger charge is 2.23. The molecule has 0 aliphatic heterocycles. The minimum absolute atomic E-state index is 0.0911. The molecule has 0 aliphatic rings. The molecule has 34 heavy (non-hydrogen) atoms. The molecule has 0 amide bonds. The molecule has 3 aromatic carbocycles. The molecule has 2 heterocycles. The molecular formula is C23H16N4O5S2. The second-order valence-electron chi connectivity index (χ2n) is 7.17. The quantitative estimate of drug-likeness (QED) is 0.341. The standard InChI is InChI=1S/C23H16N4O5S2/c1-31-23(28)15-6-9-16(10-7-15)27-34(29,30)20-13-17(12-19-22(20)26-32-25-19)33-21-11-8-14-4-2-3-5-18(14)24-21/h2-13,27H,1H3. The van der Waals surface area contributed by atoms with Gasteiger partial charge in [-0.1, -0.05) is 36.0 Å². The molecule has 0 aliphatic carbocycles. The first-order chi connectivity index (χ1) is 16.4. The number of anilines is 1. The van der Waals surface area contributed by atoms with Crippen LogP contribution in [0.25, 0.3) is 21.9 Å². The normalized spacial score (nSPS) is 11.6. The minimum atomic E-state index is -4.06. The van der Waals surface area contributed by atoms with Crippen LogP contribution in [-0.4, -0.2) is 36.8 Å². The van der Waals surface area contributed by atoms with Gasteiger partial charge in [0.25, 0.3) is 10.0 Å². The van der Waals surface area contributed by atoms with Crippen molar-refractivity contribution < 1.29 is 22.6 Å². The van der Waals surface area contributed by atoms with Gasteiger partial charge in [0.1, 0.15) is 15.4 Å². The SMILES string of the molecule is COC(=O)c1ccc(NS(=O)(=O)c2cc(Sc3ccc4ccccc4n3)cc3nonc23)cc1. The van der Waals surface area contributed by atoms with Crippen LogP contribution >= 0.6 is 11.8 Å². The fraction of sp³-hybridized carbons (Fsp3) is 0.0435. The van der Waals surface area contributed by atoms with Gasteiger partial charge in [-0.3, -0.25) is 4.72 Å². The molecule has 0 bridgehead atoms. The number of hydrogen-bond acceptors (Lipinski definition) is 9. The molecule has 170 valence electrons. The topological polar surface area (TPSA) is 124 Å². The van der Waals surface area contributed by atoms with Crippen molar-refractivity contribution in [3.63, 3.8) is 0 Å². The van der Waals surface area contributed by atoms with Crippen molar-refractivity contribution in [2.45, 2.75) is 14.8 Å². The van der Waals surface area contributed by atoms with Crippen LogP contribution in [0.15, 0.2) is 92.2 Å². The number of methoxy groups -OCH3 is 1. The predicted molar refractivity (Wildman–Crippen MR) is 126 cm³/mol. The van der Waals surface area contributed by atoms with Gasteiger partial charge in [-0.25, -0.2) is 22.8 Å². The third-order valence-electron chi connectivity index (χ3n) is 4.94. The van der Waals surface area contributed by atoms with Gasteiger partial charge in [-0.15, -0.1) is 0 Å². The van der Waals surface area contributed by atoms with Crippen LogP contribution in [0.5, 0.6) is 0 Å². The number of fused-ring (bicyclic) bond motifs is 2. The van der Waals surface area contributed by atoms with E-state index < -0.39 is 16.0 Å². The van der Waals surface area contributed by atoms with Gasteiger partial charge >= 0.3 is 5.97 Å². The van der Waals surface area contributed by atoms with Gasteiger partial charge in [0.15, 0.2) is 5.52 Å². The summed E-state index contributed by atoms with van der Waals surface area (Å²) >= 11 is 1.30. The number of hydrogen-bond donors (Lipinski definition) is 1. The lowest BCUT2D eigenvalue weighted by molar-refractivity contribution is 0.0600. The van der Waals surface area contributed by atoms with Crippen LogP contribution in [0.1, 0.15) is 10.4 Å². The molecule has 0 saturated carbocycles. The summed E-state index contributed by atoms with van der Waals surface area (Å²) < 4.78 is 38.4. The fourth-order valence-electron chi connectivity index (χ4n) is 3.33. The van der Waals surface area contributed by atoms with E-state index in [2.05, 4.69) is 24.8 Å². The molecule has 1 N–H and O–H groups in total. The van der Waals surface area contributed by atoms with Crippen molar-refractivity contribution in [3.05, 3.63) is 78.4 Å². The number of sulfonamides is 1. The number of carbonyl (C=O) groups excluding carboxylic acids is 1. The molecule has 0 unspecified atom stereocenters. The molecule has 0 fully saturated rings. The van der Waals surface area contributed by atoms with Crippen LogP contribution in [0.4, 0.5) is 5.69 Å². The Hall–Kier alpha value is -3.96. The largest absolute Gasteiger partial charge is 0.465 e. The molecular weight excluding hydrogens is 476 g/mol. The van der Waals surface area contributed by atoms with Crippen molar-refractivity contribution in [3.8, 4) is 0 Å². The highest BCUT2D eigenvalue weighted by atomic mass is 32.2.